The van der Waals surface area contributed by atoms with Gasteiger partial charge in [0.2, 0.25) is 0 Å². The van der Waals surface area contributed by atoms with Gasteiger partial charge in [0.1, 0.15) is 0 Å². The van der Waals surface area contributed by atoms with Crippen LogP contribution in [0.15, 0.2) is 54.6 Å². The Bertz CT molecular complexity index is 1060. The molecule has 3 aromatic rings. The van der Waals surface area contributed by atoms with E-state index in [-0.39, 0.29) is 42.0 Å². The summed E-state index contributed by atoms with van der Waals surface area (Å²) in [6, 6.07) is 15.9. The second-order valence-corrected chi connectivity index (χ2v) is 8.08. The number of para-hydroxylation sites is 1. The SMILES string of the molecule is CC(C)n1c(/C=C/[C@@H](O)C[C@@H](O)CC(=O)[O-])c(-c2ccc(Cl)cc2)c2ccccc21.[Na+]. The average molecular weight is 450 g/mol. The molecule has 2 N–H and O–H groups in total. The van der Waals surface area contributed by atoms with Crippen molar-refractivity contribution in [1.29, 1.82) is 0 Å². The van der Waals surface area contributed by atoms with E-state index in [1.54, 1.807) is 6.08 Å². The Labute approximate surface area is 209 Å². The van der Waals surface area contributed by atoms with E-state index in [1.165, 1.54) is 0 Å². The van der Waals surface area contributed by atoms with Gasteiger partial charge in [-0.05, 0) is 43.7 Å². The van der Waals surface area contributed by atoms with Gasteiger partial charge in [0.15, 0.2) is 0 Å². The van der Waals surface area contributed by atoms with Crippen molar-refractivity contribution in [2.75, 3.05) is 0 Å². The zero-order valence-corrected chi connectivity index (χ0v) is 20.7. The van der Waals surface area contributed by atoms with Crippen LogP contribution < -0.4 is 34.7 Å². The Morgan fingerprint density at radius 3 is 2.39 bits per heavy atom. The van der Waals surface area contributed by atoms with Crippen LogP contribution in [-0.4, -0.2) is 33.0 Å². The molecule has 0 saturated carbocycles. The van der Waals surface area contributed by atoms with Crippen LogP contribution in [-0.2, 0) is 4.79 Å². The number of aliphatic carboxylic acids is 1. The molecule has 0 bridgehead atoms. The molecule has 0 amide bonds. The van der Waals surface area contributed by atoms with Gasteiger partial charge in [0.25, 0.3) is 0 Å². The predicted octanol–water partition coefficient (Wildman–Crippen LogP) is 0.812. The van der Waals surface area contributed by atoms with Gasteiger partial charge in [-0.15, -0.1) is 0 Å². The first-order valence-corrected chi connectivity index (χ1v) is 10.3. The first kappa shape index (κ1) is 25.7. The van der Waals surface area contributed by atoms with Crippen molar-refractivity contribution < 1.29 is 49.7 Å². The van der Waals surface area contributed by atoms with E-state index < -0.39 is 24.6 Å². The molecule has 1 aromatic heterocycles. The molecule has 0 aliphatic heterocycles. The molecule has 0 unspecified atom stereocenters. The van der Waals surface area contributed by atoms with Crippen molar-refractivity contribution in [3.05, 3.63) is 65.3 Å². The average Bonchev–Trinajstić information content (AvgIpc) is 3.00. The molecular weight excluding hydrogens is 425 g/mol. The maximum absolute atomic E-state index is 10.6. The van der Waals surface area contributed by atoms with E-state index in [0.717, 1.165) is 27.7 Å². The summed E-state index contributed by atoms with van der Waals surface area (Å²) in [7, 11) is 0. The first-order chi connectivity index (χ1) is 14.3. The fourth-order valence-corrected chi connectivity index (χ4v) is 3.88. The smallest absolute Gasteiger partial charge is 0.550 e. The summed E-state index contributed by atoms with van der Waals surface area (Å²) in [5.74, 6) is -1.34. The number of carboxylic acid groups (broad SMARTS) is 1. The molecule has 0 fully saturated rings. The number of halogens is 1. The van der Waals surface area contributed by atoms with Gasteiger partial charge in [-0.2, -0.15) is 0 Å². The summed E-state index contributed by atoms with van der Waals surface area (Å²) in [5, 5.41) is 32.4. The zero-order chi connectivity index (χ0) is 21.8. The molecule has 0 radical (unpaired) electrons. The van der Waals surface area contributed by atoms with Crippen LogP contribution in [0.4, 0.5) is 0 Å². The minimum Gasteiger partial charge on any atom is -0.550 e. The maximum Gasteiger partial charge on any atom is 1.00 e. The number of hydrogen-bond donors (Lipinski definition) is 2. The number of rotatable bonds is 8. The second-order valence-electron chi connectivity index (χ2n) is 7.64. The quantitative estimate of drug-likeness (QED) is 0.498. The molecule has 2 aromatic carbocycles. The monoisotopic (exact) mass is 449 g/mol. The number of aliphatic hydroxyl groups excluding tert-OH is 2. The number of aromatic nitrogens is 1. The standard InChI is InChI=1S/C24H26ClNO4.Na/c1-15(2)26-21-6-4-3-5-20(21)24(16-7-9-17(25)10-8-16)22(26)12-11-18(27)13-19(28)14-23(29)30;/h3-12,15,18-19,27-28H,13-14H2,1-2H3,(H,29,30);/q;+1/p-1/b12-11+;/t18-,19-;/m1./s1. The molecular formula is C24H25ClNNaO4. The molecule has 0 saturated heterocycles. The topological polar surface area (TPSA) is 85.5 Å². The Hall–Kier alpha value is -1.60. The van der Waals surface area contributed by atoms with Crippen molar-refractivity contribution in [2.45, 2.75) is 44.9 Å². The van der Waals surface area contributed by atoms with Crippen LogP contribution in [0.3, 0.4) is 0 Å². The first-order valence-electron chi connectivity index (χ1n) is 9.91. The molecule has 5 nitrogen and oxygen atoms in total. The van der Waals surface area contributed by atoms with Gasteiger partial charge in [-0.25, -0.2) is 0 Å². The van der Waals surface area contributed by atoms with E-state index in [9.17, 15) is 20.1 Å². The normalized spacial score (nSPS) is 13.5. The fourth-order valence-electron chi connectivity index (χ4n) is 3.76. The fraction of sp³-hybridized carbons (Fsp3) is 0.292. The van der Waals surface area contributed by atoms with Gasteiger partial charge in [-0.3, -0.25) is 0 Å². The molecule has 0 aliphatic carbocycles. The molecule has 7 heteroatoms. The molecule has 3 rings (SSSR count). The van der Waals surface area contributed by atoms with E-state index in [0.29, 0.717) is 5.02 Å². The maximum atomic E-state index is 10.6. The predicted molar refractivity (Wildman–Crippen MR) is 118 cm³/mol. The zero-order valence-electron chi connectivity index (χ0n) is 18.0. The van der Waals surface area contributed by atoms with Crippen LogP contribution in [0.5, 0.6) is 0 Å². The summed E-state index contributed by atoms with van der Waals surface area (Å²) >= 11 is 6.08. The summed E-state index contributed by atoms with van der Waals surface area (Å²) in [4.78, 5) is 10.6. The largest absolute Gasteiger partial charge is 1.00 e. The molecule has 0 aliphatic rings. The van der Waals surface area contributed by atoms with Crippen molar-refractivity contribution >= 4 is 34.5 Å². The van der Waals surface area contributed by atoms with Gasteiger partial charge < -0.3 is 24.7 Å². The van der Waals surface area contributed by atoms with Crippen LogP contribution >= 0.6 is 11.6 Å². The van der Waals surface area contributed by atoms with Gasteiger partial charge >= 0.3 is 29.6 Å². The third kappa shape index (κ3) is 6.22. The summed E-state index contributed by atoms with van der Waals surface area (Å²) < 4.78 is 2.19. The van der Waals surface area contributed by atoms with E-state index in [4.69, 9.17) is 11.6 Å². The summed E-state index contributed by atoms with van der Waals surface area (Å²) in [6.07, 6.45) is 0.679. The van der Waals surface area contributed by atoms with E-state index in [2.05, 4.69) is 30.5 Å². The minimum atomic E-state index is -1.34. The van der Waals surface area contributed by atoms with Crippen LogP contribution in [0.25, 0.3) is 28.1 Å². The Morgan fingerprint density at radius 2 is 1.77 bits per heavy atom. The number of fused-ring (bicyclic) bond motifs is 1. The van der Waals surface area contributed by atoms with Crippen molar-refractivity contribution in [3.8, 4) is 11.1 Å². The number of nitrogens with zero attached hydrogens (tertiary/aromatic N) is 1. The van der Waals surface area contributed by atoms with Gasteiger partial charge in [0.05, 0.1) is 12.2 Å². The molecule has 158 valence electrons. The molecule has 31 heavy (non-hydrogen) atoms. The third-order valence-electron chi connectivity index (χ3n) is 4.99. The summed E-state index contributed by atoms with van der Waals surface area (Å²) in [6.45, 7) is 4.19. The van der Waals surface area contributed by atoms with Crippen LogP contribution in [0, 0.1) is 0 Å². The second kappa shape index (κ2) is 11.3. The van der Waals surface area contributed by atoms with Gasteiger partial charge in [-0.1, -0.05) is 48.0 Å². The summed E-state index contributed by atoms with van der Waals surface area (Å²) in [5.41, 5.74) is 4.02. The molecule has 0 spiro atoms. The van der Waals surface area contributed by atoms with Crippen molar-refractivity contribution in [2.24, 2.45) is 0 Å². The number of carboxylic acids is 1. The molecule has 2 atom stereocenters. The Morgan fingerprint density at radius 1 is 1.13 bits per heavy atom. The molecule has 1 heterocycles. The van der Waals surface area contributed by atoms with Crippen LogP contribution in [0.1, 0.15) is 38.4 Å². The minimum absolute atomic E-state index is 0. The number of carbonyl (C=O) groups is 1. The van der Waals surface area contributed by atoms with Crippen LogP contribution in [0.2, 0.25) is 5.02 Å². The number of aliphatic hydroxyl groups is 2. The van der Waals surface area contributed by atoms with Gasteiger partial charge in [0, 0.05) is 52.0 Å². The third-order valence-corrected chi connectivity index (χ3v) is 5.24. The van der Waals surface area contributed by atoms with E-state index in [1.807, 2.05) is 42.5 Å². The number of hydrogen-bond acceptors (Lipinski definition) is 4. The van der Waals surface area contributed by atoms with Crippen molar-refractivity contribution in [1.82, 2.24) is 4.57 Å². The Kier molecular flexibility index (Phi) is 9.37. The number of benzene rings is 2. The van der Waals surface area contributed by atoms with E-state index >= 15 is 0 Å². The number of carbonyl (C=O) groups excluding carboxylic acids is 1. The Balaban J connectivity index is 0.00000341. The van der Waals surface area contributed by atoms with Crippen molar-refractivity contribution in [3.63, 3.8) is 0 Å².